The highest BCUT2D eigenvalue weighted by molar-refractivity contribution is 7.95. The van der Waals surface area contributed by atoms with Gasteiger partial charge in [0.05, 0.1) is 10.9 Å². The predicted octanol–water partition coefficient (Wildman–Crippen LogP) is 3.74. The van der Waals surface area contributed by atoms with E-state index in [0.29, 0.717) is 17.1 Å². The van der Waals surface area contributed by atoms with Gasteiger partial charge in [-0.2, -0.15) is 0 Å². The molecule has 1 atom stereocenters. The van der Waals surface area contributed by atoms with Crippen molar-refractivity contribution in [2.45, 2.75) is 17.5 Å². The first kappa shape index (κ1) is 20.1. The molecule has 0 aliphatic carbocycles. The maximum atomic E-state index is 13.5. The molecule has 2 aliphatic heterocycles. The van der Waals surface area contributed by atoms with Crippen molar-refractivity contribution >= 4 is 15.7 Å². The molecule has 0 saturated heterocycles. The van der Waals surface area contributed by atoms with Gasteiger partial charge in [-0.3, -0.25) is 4.79 Å². The van der Waals surface area contributed by atoms with E-state index < -0.39 is 27.5 Å². The fourth-order valence-corrected chi connectivity index (χ4v) is 5.66. The molecule has 1 N–H and O–H groups in total. The first-order valence-electron chi connectivity index (χ1n) is 9.94. The molecule has 1 unspecified atom stereocenters. The lowest BCUT2D eigenvalue weighted by atomic mass is 10.1. The van der Waals surface area contributed by atoms with Crippen LogP contribution in [0.15, 0.2) is 94.4 Å². The number of fused-ring (bicyclic) bond motifs is 1. The Hall–Kier alpha value is -3.78. The van der Waals surface area contributed by atoms with Crippen molar-refractivity contribution in [1.82, 2.24) is 4.90 Å². The summed E-state index contributed by atoms with van der Waals surface area (Å²) in [7, 11) is -4.13. The molecule has 0 radical (unpaired) electrons. The highest BCUT2D eigenvalue weighted by Gasteiger charge is 2.46. The third kappa shape index (κ3) is 3.29. The van der Waals surface area contributed by atoms with Crippen LogP contribution in [0.3, 0.4) is 0 Å². The number of carbonyl (C=O) groups is 1. The number of benzene rings is 3. The van der Waals surface area contributed by atoms with Gasteiger partial charge in [-0.25, -0.2) is 8.42 Å². The van der Waals surface area contributed by atoms with Crippen molar-refractivity contribution in [3.63, 3.8) is 0 Å². The van der Waals surface area contributed by atoms with Gasteiger partial charge >= 0.3 is 0 Å². The average Bonchev–Trinajstić information content (AvgIpc) is 3.38. The van der Waals surface area contributed by atoms with E-state index in [2.05, 4.69) is 0 Å². The van der Waals surface area contributed by atoms with Gasteiger partial charge in [0.1, 0.15) is 4.91 Å². The molecule has 3 aromatic rings. The summed E-state index contributed by atoms with van der Waals surface area (Å²) >= 11 is 0. The monoisotopic (exact) mass is 449 g/mol. The van der Waals surface area contributed by atoms with Gasteiger partial charge in [0, 0.05) is 6.54 Å². The highest BCUT2D eigenvalue weighted by Crippen LogP contribution is 2.43. The summed E-state index contributed by atoms with van der Waals surface area (Å²) in [4.78, 5) is 14.2. The number of hydrogen-bond donors (Lipinski definition) is 1. The van der Waals surface area contributed by atoms with Crippen LogP contribution in [0.25, 0.3) is 0 Å². The van der Waals surface area contributed by atoms with Crippen molar-refractivity contribution in [3.05, 3.63) is 101 Å². The van der Waals surface area contributed by atoms with Crippen LogP contribution in [0.2, 0.25) is 0 Å². The Morgan fingerprint density at radius 3 is 2.28 bits per heavy atom. The molecule has 3 aromatic carbocycles. The second-order valence-corrected chi connectivity index (χ2v) is 9.38. The number of amides is 1. The normalized spacial score (nSPS) is 17.8. The molecule has 32 heavy (non-hydrogen) atoms. The van der Waals surface area contributed by atoms with Crippen LogP contribution < -0.4 is 9.47 Å². The largest absolute Gasteiger partial charge is 0.502 e. The van der Waals surface area contributed by atoms with Gasteiger partial charge in [0.2, 0.25) is 16.6 Å². The van der Waals surface area contributed by atoms with Crippen molar-refractivity contribution < 1.29 is 27.8 Å². The first-order valence-corrected chi connectivity index (χ1v) is 11.4. The van der Waals surface area contributed by atoms with E-state index in [4.69, 9.17) is 9.47 Å². The van der Waals surface area contributed by atoms with E-state index in [1.807, 2.05) is 0 Å². The molecule has 0 bridgehead atoms. The van der Waals surface area contributed by atoms with Crippen molar-refractivity contribution in [3.8, 4) is 11.5 Å². The summed E-state index contributed by atoms with van der Waals surface area (Å²) in [6, 6.07) is 20.9. The molecular formula is C24H19NO6S. The zero-order valence-electron chi connectivity index (χ0n) is 16.8. The average molecular weight is 449 g/mol. The summed E-state index contributed by atoms with van der Waals surface area (Å²) in [5.74, 6) is -0.344. The quantitative estimate of drug-likeness (QED) is 0.638. The van der Waals surface area contributed by atoms with Crippen LogP contribution in [0, 0.1) is 0 Å². The zero-order chi connectivity index (χ0) is 22.3. The summed E-state index contributed by atoms with van der Waals surface area (Å²) in [6.45, 7) is 0.197. The molecule has 0 spiro atoms. The summed E-state index contributed by atoms with van der Waals surface area (Å²) in [5.41, 5.74) is 1.30. The van der Waals surface area contributed by atoms with Gasteiger partial charge in [-0.1, -0.05) is 54.6 Å². The van der Waals surface area contributed by atoms with Crippen molar-refractivity contribution in [2.24, 2.45) is 0 Å². The number of carbonyl (C=O) groups excluding carboxylic acids is 1. The summed E-state index contributed by atoms with van der Waals surface area (Å²) < 4.78 is 37.7. The molecule has 7 nitrogen and oxygen atoms in total. The minimum Gasteiger partial charge on any atom is -0.502 e. The number of sulfone groups is 1. The maximum Gasteiger partial charge on any atom is 0.290 e. The molecule has 162 valence electrons. The Morgan fingerprint density at radius 1 is 0.906 bits per heavy atom. The molecule has 0 fully saturated rings. The van der Waals surface area contributed by atoms with E-state index >= 15 is 0 Å². The van der Waals surface area contributed by atoms with Crippen LogP contribution in [0.4, 0.5) is 0 Å². The van der Waals surface area contributed by atoms with Crippen LogP contribution in [0.5, 0.6) is 11.5 Å². The Bertz CT molecular complexity index is 1320. The summed E-state index contributed by atoms with van der Waals surface area (Å²) in [5, 5.41) is 10.8. The molecule has 5 rings (SSSR count). The van der Waals surface area contributed by atoms with E-state index in [1.54, 1.807) is 66.7 Å². The minimum absolute atomic E-state index is 0.0141. The fourth-order valence-electron chi connectivity index (χ4n) is 4.00. The smallest absolute Gasteiger partial charge is 0.290 e. The fraction of sp³-hybridized carbons (Fsp3) is 0.125. The third-order valence-corrected chi connectivity index (χ3v) is 7.39. The van der Waals surface area contributed by atoms with E-state index in [-0.39, 0.29) is 23.1 Å². The lowest BCUT2D eigenvalue weighted by Gasteiger charge is -2.27. The Morgan fingerprint density at radius 2 is 1.56 bits per heavy atom. The van der Waals surface area contributed by atoms with Crippen LogP contribution >= 0.6 is 0 Å². The van der Waals surface area contributed by atoms with E-state index in [0.717, 1.165) is 5.56 Å². The van der Waals surface area contributed by atoms with Crippen LogP contribution in [-0.4, -0.2) is 31.1 Å². The third-order valence-electron chi connectivity index (χ3n) is 5.51. The molecular weight excluding hydrogens is 430 g/mol. The maximum absolute atomic E-state index is 13.5. The number of ether oxygens (including phenoxy) is 2. The first-order chi connectivity index (χ1) is 15.5. The number of hydrogen-bond acceptors (Lipinski definition) is 6. The number of nitrogens with zero attached hydrogens (tertiary/aromatic N) is 1. The topological polar surface area (TPSA) is 93.1 Å². The van der Waals surface area contributed by atoms with Crippen molar-refractivity contribution in [2.75, 3.05) is 6.79 Å². The lowest BCUT2D eigenvalue weighted by molar-refractivity contribution is -0.130. The van der Waals surface area contributed by atoms with Gasteiger partial charge in [0.15, 0.2) is 17.3 Å². The molecule has 1 amide bonds. The second kappa shape index (κ2) is 7.72. The lowest BCUT2D eigenvalue weighted by Crippen LogP contribution is -2.30. The SMILES string of the molecule is O=C1C(O)=C(S(=O)(=O)c2ccccc2)C(c2ccccc2)N1Cc1ccc2c(c1)OCO2. The number of aliphatic hydroxyl groups is 1. The van der Waals surface area contributed by atoms with Crippen LogP contribution in [-0.2, 0) is 21.2 Å². The van der Waals surface area contributed by atoms with Gasteiger partial charge in [0.25, 0.3) is 5.91 Å². The molecule has 8 heteroatoms. The molecule has 2 aliphatic rings. The summed E-state index contributed by atoms with van der Waals surface area (Å²) in [6.07, 6.45) is 0. The minimum atomic E-state index is -4.13. The highest BCUT2D eigenvalue weighted by atomic mass is 32.2. The predicted molar refractivity (Wildman–Crippen MR) is 116 cm³/mol. The van der Waals surface area contributed by atoms with Gasteiger partial charge in [-0.05, 0) is 35.4 Å². The Labute approximate surface area is 185 Å². The number of rotatable bonds is 5. The van der Waals surface area contributed by atoms with E-state index in [1.165, 1.54) is 17.0 Å². The molecule has 2 heterocycles. The standard InChI is InChI=1S/C24H19NO6S/c26-22-23(32(28,29)18-9-5-2-6-10-18)21(17-7-3-1-4-8-17)25(24(22)27)14-16-11-12-19-20(13-16)31-15-30-19/h1-13,21,26H,14-15H2. The second-order valence-electron chi connectivity index (χ2n) is 7.46. The zero-order valence-corrected chi connectivity index (χ0v) is 17.7. The number of aliphatic hydroxyl groups excluding tert-OH is 1. The van der Waals surface area contributed by atoms with Crippen LogP contribution in [0.1, 0.15) is 17.2 Å². The Balaban J connectivity index is 1.60. The van der Waals surface area contributed by atoms with Gasteiger partial charge in [-0.15, -0.1) is 0 Å². The van der Waals surface area contributed by atoms with E-state index in [9.17, 15) is 18.3 Å². The molecule has 0 saturated carbocycles. The molecule has 0 aromatic heterocycles. The Kier molecular flexibility index (Phi) is 4.86. The van der Waals surface area contributed by atoms with Gasteiger partial charge < -0.3 is 19.5 Å². The van der Waals surface area contributed by atoms with Crippen molar-refractivity contribution in [1.29, 1.82) is 0 Å².